The number of hydrogen-bond acceptors (Lipinski definition) is 3. The molecule has 100 valence electrons. The molecule has 0 bridgehead atoms. The minimum Gasteiger partial charge on any atom is -0.399 e. The summed E-state index contributed by atoms with van der Waals surface area (Å²) in [5.74, 6) is 0. The van der Waals surface area contributed by atoms with Crippen LogP contribution in [0.25, 0.3) is 0 Å². The minimum absolute atomic E-state index is 0.752. The van der Waals surface area contributed by atoms with Crippen LogP contribution in [0.3, 0.4) is 0 Å². The molecule has 2 N–H and O–H groups in total. The molecule has 0 spiro atoms. The van der Waals surface area contributed by atoms with Crippen molar-refractivity contribution in [3.63, 3.8) is 0 Å². The Labute approximate surface area is 111 Å². The van der Waals surface area contributed by atoms with Gasteiger partial charge in [0.1, 0.15) is 0 Å². The first-order chi connectivity index (χ1) is 8.66. The van der Waals surface area contributed by atoms with E-state index >= 15 is 0 Å². The normalized spacial score (nSPS) is 20.9. The van der Waals surface area contributed by atoms with E-state index in [1.165, 1.54) is 37.9 Å². The maximum atomic E-state index is 5.82. The number of benzene rings is 1. The molecule has 0 saturated carbocycles. The topological polar surface area (TPSA) is 32.5 Å². The highest BCUT2D eigenvalue weighted by atomic mass is 15.1. The molecule has 1 aliphatic heterocycles. The van der Waals surface area contributed by atoms with E-state index < -0.39 is 0 Å². The second-order valence-corrected chi connectivity index (χ2v) is 5.44. The van der Waals surface area contributed by atoms with Gasteiger partial charge >= 0.3 is 0 Å². The Hall–Kier alpha value is -1.22. The summed E-state index contributed by atoms with van der Waals surface area (Å²) in [6.45, 7) is 2.35. The standard InChI is InChI=1S/C15H25N3/c1-17-10-4-3-7-14(17)9-11-18(2)15-8-5-6-13(16)12-15/h5-6,8,12,14H,3-4,7,9-11,16H2,1-2H3. The molecule has 0 radical (unpaired) electrons. The summed E-state index contributed by atoms with van der Waals surface area (Å²) in [4.78, 5) is 4.81. The summed E-state index contributed by atoms with van der Waals surface area (Å²) in [7, 11) is 4.40. The SMILES string of the molecule is CN(CCC1CCCCN1C)c1cccc(N)c1. The molecule has 1 saturated heterocycles. The zero-order chi connectivity index (χ0) is 13.0. The summed E-state index contributed by atoms with van der Waals surface area (Å²) < 4.78 is 0. The lowest BCUT2D eigenvalue weighted by molar-refractivity contribution is 0.178. The van der Waals surface area contributed by atoms with E-state index in [4.69, 9.17) is 5.73 Å². The molecule has 1 unspecified atom stereocenters. The molecule has 3 heteroatoms. The second-order valence-electron chi connectivity index (χ2n) is 5.44. The molecule has 1 atom stereocenters. The lowest BCUT2D eigenvalue weighted by Crippen LogP contribution is -2.38. The maximum absolute atomic E-state index is 5.82. The van der Waals surface area contributed by atoms with Crippen LogP contribution in [0.15, 0.2) is 24.3 Å². The van der Waals surface area contributed by atoms with Crippen molar-refractivity contribution in [2.45, 2.75) is 31.7 Å². The largest absolute Gasteiger partial charge is 0.399 e. The van der Waals surface area contributed by atoms with E-state index in [-0.39, 0.29) is 0 Å². The highest BCUT2D eigenvalue weighted by Crippen LogP contribution is 2.20. The molecule has 3 nitrogen and oxygen atoms in total. The fourth-order valence-corrected chi connectivity index (χ4v) is 2.74. The number of nitrogens with two attached hydrogens (primary N) is 1. The van der Waals surface area contributed by atoms with Crippen LogP contribution in [0.2, 0.25) is 0 Å². The summed E-state index contributed by atoms with van der Waals surface area (Å²) in [6.07, 6.45) is 5.33. The number of nitrogen functional groups attached to an aromatic ring is 1. The number of hydrogen-bond donors (Lipinski definition) is 1. The Morgan fingerprint density at radius 3 is 2.94 bits per heavy atom. The van der Waals surface area contributed by atoms with Gasteiger partial charge in [0.05, 0.1) is 0 Å². The lowest BCUT2D eigenvalue weighted by Gasteiger charge is -2.34. The first-order valence-electron chi connectivity index (χ1n) is 6.94. The highest BCUT2D eigenvalue weighted by Gasteiger charge is 2.18. The Morgan fingerprint density at radius 2 is 2.22 bits per heavy atom. The van der Waals surface area contributed by atoms with Crippen molar-refractivity contribution >= 4 is 11.4 Å². The molecule has 1 heterocycles. The van der Waals surface area contributed by atoms with Crippen molar-refractivity contribution in [2.75, 3.05) is 37.8 Å². The monoisotopic (exact) mass is 247 g/mol. The van der Waals surface area contributed by atoms with Crippen LogP contribution in [0, 0.1) is 0 Å². The van der Waals surface area contributed by atoms with Crippen molar-refractivity contribution in [3.05, 3.63) is 24.3 Å². The van der Waals surface area contributed by atoms with Gasteiger partial charge in [0, 0.05) is 31.0 Å². The summed E-state index contributed by atoms with van der Waals surface area (Å²) in [5.41, 5.74) is 7.88. The maximum Gasteiger partial charge on any atom is 0.0384 e. The van der Waals surface area contributed by atoms with Crippen molar-refractivity contribution in [1.82, 2.24) is 4.90 Å². The highest BCUT2D eigenvalue weighted by molar-refractivity contribution is 5.55. The lowest BCUT2D eigenvalue weighted by atomic mass is 10.00. The van der Waals surface area contributed by atoms with E-state index in [1.807, 2.05) is 18.2 Å². The van der Waals surface area contributed by atoms with Crippen molar-refractivity contribution in [1.29, 1.82) is 0 Å². The zero-order valence-corrected chi connectivity index (χ0v) is 11.6. The second kappa shape index (κ2) is 6.10. The van der Waals surface area contributed by atoms with Gasteiger partial charge in [-0.25, -0.2) is 0 Å². The minimum atomic E-state index is 0.752. The van der Waals surface area contributed by atoms with Crippen molar-refractivity contribution in [2.24, 2.45) is 0 Å². The Balaban J connectivity index is 1.86. The fourth-order valence-electron chi connectivity index (χ4n) is 2.74. The third-order valence-electron chi connectivity index (χ3n) is 4.03. The molecule has 1 aromatic carbocycles. The summed E-state index contributed by atoms with van der Waals surface area (Å²) in [6, 6.07) is 8.88. The van der Waals surface area contributed by atoms with Crippen molar-refractivity contribution in [3.8, 4) is 0 Å². The number of nitrogens with zero attached hydrogens (tertiary/aromatic N) is 2. The van der Waals surface area contributed by atoms with Crippen LogP contribution in [0.1, 0.15) is 25.7 Å². The number of anilines is 2. The van der Waals surface area contributed by atoms with E-state index in [2.05, 4.69) is 30.0 Å². The predicted molar refractivity (Wildman–Crippen MR) is 79.0 cm³/mol. The summed E-state index contributed by atoms with van der Waals surface area (Å²) in [5, 5.41) is 0. The molecule has 18 heavy (non-hydrogen) atoms. The average molecular weight is 247 g/mol. The fraction of sp³-hybridized carbons (Fsp3) is 0.600. The molecule has 1 fully saturated rings. The van der Waals surface area contributed by atoms with Gasteiger partial charge in [-0.1, -0.05) is 12.5 Å². The Kier molecular flexibility index (Phi) is 4.48. The molecular formula is C15H25N3. The molecule has 0 aromatic heterocycles. The van der Waals surface area contributed by atoms with Gasteiger partial charge < -0.3 is 15.5 Å². The van der Waals surface area contributed by atoms with Gasteiger partial charge in [-0.2, -0.15) is 0 Å². The third-order valence-corrected chi connectivity index (χ3v) is 4.03. The van der Waals surface area contributed by atoms with Gasteiger partial charge in [-0.05, 0) is 51.1 Å². The van der Waals surface area contributed by atoms with Gasteiger partial charge in [0.25, 0.3) is 0 Å². The predicted octanol–water partition coefficient (Wildman–Crippen LogP) is 2.58. The average Bonchev–Trinajstić information content (AvgIpc) is 2.37. The Morgan fingerprint density at radius 1 is 1.39 bits per heavy atom. The molecule has 2 rings (SSSR count). The molecule has 1 aromatic rings. The van der Waals surface area contributed by atoms with Crippen LogP contribution in [0.4, 0.5) is 11.4 Å². The first kappa shape index (κ1) is 13.2. The van der Waals surface area contributed by atoms with Gasteiger partial charge in [0.2, 0.25) is 0 Å². The first-order valence-corrected chi connectivity index (χ1v) is 6.94. The van der Waals surface area contributed by atoms with Crippen LogP contribution < -0.4 is 10.6 Å². The van der Waals surface area contributed by atoms with E-state index in [9.17, 15) is 0 Å². The number of rotatable bonds is 4. The number of likely N-dealkylation sites (tertiary alicyclic amines) is 1. The molecular weight excluding hydrogens is 222 g/mol. The zero-order valence-electron chi connectivity index (χ0n) is 11.6. The molecule has 0 amide bonds. The van der Waals surface area contributed by atoms with Crippen LogP contribution >= 0.6 is 0 Å². The van der Waals surface area contributed by atoms with E-state index in [0.29, 0.717) is 0 Å². The van der Waals surface area contributed by atoms with Crippen LogP contribution in [-0.2, 0) is 0 Å². The summed E-state index contributed by atoms with van der Waals surface area (Å²) >= 11 is 0. The van der Waals surface area contributed by atoms with E-state index in [0.717, 1.165) is 18.3 Å². The third kappa shape index (κ3) is 3.39. The quantitative estimate of drug-likeness (QED) is 0.830. The Bertz CT molecular complexity index is 378. The van der Waals surface area contributed by atoms with Crippen LogP contribution in [0.5, 0.6) is 0 Å². The van der Waals surface area contributed by atoms with Crippen molar-refractivity contribution < 1.29 is 0 Å². The number of piperidine rings is 1. The van der Waals surface area contributed by atoms with Gasteiger partial charge in [0.15, 0.2) is 0 Å². The van der Waals surface area contributed by atoms with Crippen LogP contribution in [-0.4, -0.2) is 38.1 Å². The molecule has 1 aliphatic rings. The van der Waals surface area contributed by atoms with Gasteiger partial charge in [-0.3, -0.25) is 0 Å². The molecule has 0 aliphatic carbocycles. The van der Waals surface area contributed by atoms with E-state index in [1.54, 1.807) is 0 Å². The van der Waals surface area contributed by atoms with Gasteiger partial charge in [-0.15, -0.1) is 0 Å². The smallest absolute Gasteiger partial charge is 0.0384 e.